The van der Waals surface area contributed by atoms with Gasteiger partial charge in [0.15, 0.2) is 0 Å². The zero-order chi connectivity index (χ0) is 35.4. The number of ether oxygens (including phenoxy) is 1. The number of amides is 1. The Labute approximate surface area is 293 Å². The van der Waals surface area contributed by atoms with Crippen molar-refractivity contribution in [1.82, 2.24) is 5.32 Å². The van der Waals surface area contributed by atoms with Crippen molar-refractivity contribution in [3.63, 3.8) is 0 Å². The molecule has 1 amide bonds. The van der Waals surface area contributed by atoms with Crippen molar-refractivity contribution in [3.8, 4) is 0 Å². The summed E-state index contributed by atoms with van der Waals surface area (Å²) in [7, 11) is 0. The minimum absolute atomic E-state index is 0.152. The smallest absolute Gasteiger partial charge is 0.220 e. The lowest BCUT2D eigenvalue weighted by atomic mass is 9.90. The molecule has 5 unspecified atom stereocenters. The van der Waals surface area contributed by atoms with E-state index in [1.165, 1.54) is 128 Å². The van der Waals surface area contributed by atoms with Crippen LogP contribution in [0.15, 0.2) is 0 Å². The van der Waals surface area contributed by atoms with E-state index in [0.29, 0.717) is 12.8 Å². The van der Waals surface area contributed by atoms with Gasteiger partial charge in [0.25, 0.3) is 0 Å². The van der Waals surface area contributed by atoms with E-state index in [1.54, 1.807) is 6.92 Å². The first-order valence-corrected chi connectivity index (χ1v) is 20.2. The molecule has 0 saturated carbocycles. The molecule has 0 aromatic carbocycles. The highest BCUT2D eigenvalue weighted by Crippen LogP contribution is 2.25. The molecule has 7 N–H and O–H groups in total. The third-order valence-electron chi connectivity index (χ3n) is 10.3. The van der Waals surface area contributed by atoms with Crippen LogP contribution in [0.1, 0.15) is 187 Å². The van der Waals surface area contributed by atoms with Crippen LogP contribution < -0.4 is 5.32 Å². The average Bonchev–Trinajstić information content (AvgIpc) is 3.09. The minimum atomic E-state index is -1.47. The van der Waals surface area contributed by atoms with Crippen LogP contribution in [0.4, 0.5) is 0 Å². The van der Waals surface area contributed by atoms with Gasteiger partial charge >= 0.3 is 0 Å². The summed E-state index contributed by atoms with van der Waals surface area (Å²) in [6.45, 7) is 3.51. The molecular weight excluding hydrogens is 610 g/mol. The van der Waals surface area contributed by atoms with Crippen molar-refractivity contribution in [2.45, 2.75) is 236 Å². The summed E-state index contributed by atoms with van der Waals surface area (Å²) in [4.78, 5) is 12.7. The lowest BCUT2D eigenvalue weighted by Gasteiger charge is -2.40. The average molecular weight is 688 g/mol. The third-order valence-corrected chi connectivity index (χ3v) is 10.3. The van der Waals surface area contributed by atoms with Gasteiger partial charge < -0.3 is 40.7 Å². The van der Waals surface area contributed by atoms with E-state index in [9.17, 15) is 35.4 Å². The number of carbonyl (C=O) groups is 1. The van der Waals surface area contributed by atoms with Crippen molar-refractivity contribution < 1.29 is 40.2 Å². The molecule has 0 aliphatic carbocycles. The van der Waals surface area contributed by atoms with E-state index in [4.69, 9.17) is 4.74 Å². The predicted molar refractivity (Wildman–Crippen MR) is 194 cm³/mol. The fraction of sp³-hybridized carbons (Fsp3) is 0.974. The number of hydrogen-bond donors (Lipinski definition) is 7. The number of nitrogens with one attached hydrogen (secondary N) is 1. The maximum Gasteiger partial charge on any atom is 0.220 e. The first-order chi connectivity index (χ1) is 23.3. The van der Waals surface area contributed by atoms with Crippen LogP contribution in [0.5, 0.6) is 0 Å². The Morgan fingerprint density at radius 1 is 0.604 bits per heavy atom. The topological polar surface area (TPSA) is 160 Å². The van der Waals surface area contributed by atoms with Crippen molar-refractivity contribution >= 4 is 5.91 Å². The van der Waals surface area contributed by atoms with Gasteiger partial charge in [-0.1, -0.05) is 155 Å². The van der Waals surface area contributed by atoms with Crippen LogP contribution >= 0.6 is 0 Å². The van der Waals surface area contributed by atoms with E-state index in [1.807, 2.05) is 0 Å². The standard InChI is InChI=1S/C39H77NO8/c1-3-5-6-7-8-9-10-11-12-13-14-15-16-17-18-19-20-21-22-23-24-25-26-27-35(43)40-31(36(44)32(42)4-2)28-29-33-37(45)39(47)38(46)34(30-41)48-33/h31-34,36-39,41-42,44-47H,3-30H2,1-2H3,(H,40,43)/t31-,32+,33?,34?,36+,37?,38?,39?/m0/s1. The van der Waals surface area contributed by atoms with Gasteiger partial charge in [-0.2, -0.15) is 0 Å². The van der Waals surface area contributed by atoms with E-state index in [0.717, 1.165) is 19.3 Å². The monoisotopic (exact) mass is 688 g/mol. The molecule has 8 atom stereocenters. The quantitative estimate of drug-likeness (QED) is 0.0389. The van der Waals surface area contributed by atoms with E-state index in [2.05, 4.69) is 12.2 Å². The molecule has 1 aliphatic rings. The summed E-state index contributed by atoms with van der Waals surface area (Å²) < 4.78 is 5.57. The number of aliphatic hydroxyl groups excluding tert-OH is 6. The molecule has 1 fully saturated rings. The van der Waals surface area contributed by atoms with Crippen molar-refractivity contribution in [3.05, 3.63) is 0 Å². The molecule has 1 saturated heterocycles. The van der Waals surface area contributed by atoms with Gasteiger partial charge in [0.2, 0.25) is 5.91 Å². The SMILES string of the molecule is CCCCCCCCCCCCCCCCCCCCCCCCCC(=O)N[C@@H](CCC1OC(CO)C(O)C(O)C1O)[C@@H](O)[C@H](O)CC. The third kappa shape index (κ3) is 20.8. The molecule has 9 nitrogen and oxygen atoms in total. The second-order valence-corrected chi connectivity index (χ2v) is 14.6. The molecule has 0 spiro atoms. The number of hydrogen-bond acceptors (Lipinski definition) is 8. The molecule has 1 rings (SSSR count). The Balaban J connectivity index is 2.06. The predicted octanol–water partition coefficient (Wildman–Crippen LogP) is 6.61. The van der Waals surface area contributed by atoms with Gasteiger partial charge in [0, 0.05) is 6.42 Å². The van der Waals surface area contributed by atoms with Crippen LogP contribution in [-0.4, -0.2) is 91.9 Å². The first-order valence-electron chi connectivity index (χ1n) is 20.2. The largest absolute Gasteiger partial charge is 0.394 e. The van der Waals surface area contributed by atoms with Crippen molar-refractivity contribution in [2.75, 3.05) is 6.61 Å². The Bertz CT molecular complexity index is 741. The second-order valence-electron chi connectivity index (χ2n) is 14.6. The van der Waals surface area contributed by atoms with Crippen LogP contribution in [0.25, 0.3) is 0 Å². The lowest BCUT2D eigenvalue weighted by Crippen LogP contribution is -2.59. The highest BCUT2D eigenvalue weighted by atomic mass is 16.5. The summed E-state index contributed by atoms with van der Waals surface area (Å²) >= 11 is 0. The van der Waals surface area contributed by atoms with Gasteiger partial charge in [-0.3, -0.25) is 4.79 Å². The van der Waals surface area contributed by atoms with E-state index in [-0.39, 0.29) is 18.7 Å². The molecule has 0 aromatic rings. The Hall–Kier alpha value is -0.810. The Morgan fingerprint density at radius 3 is 1.40 bits per heavy atom. The zero-order valence-electron chi connectivity index (χ0n) is 30.9. The zero-order valence-corrected chi connectivity index (χ0v) is 30.9. The van der Waals surface area contributed by atoms with Gasteiger partial charge in [-0.15, -0.1) is 0 Å². The maximum atomic E-state index is 12.7. The summed E-state index contributed by atoms with van der Waals surface area (Å²) in [5.74, 6) is -0.195. The van der Waals surface area contributed by atoms with Crippen LogP contribution in [0.3, 0.4) is 0 Å². The number of carbonyl (C=O) groups excluding carboxylic acids is 1. The molecule has 0 radical (unpaired) electrons. The van der Waals surface area contributed by atoms with Crippen LogP contribution in [-0.2, 0) is 9.53 Å². The highest BCUT2D eigenvalue weighted by Gasteiger charge is 2.43. The fourth-order valence-electron chi connectivity index (χ4n) is 6.95. The molecule has 286 valence electrons. The number of aliphatic hydroxyl groups is 6. The molecule has 0 bridgehead atoms. The molecule has 1 heterocycles. The molecule has 48 heavy (non-hydrogen) atoms. The number of unbranched alkanes of at least 4 members (excludes halogenated alkanes) is 22. The lowest BCUT2D eigenvalue weighted by molar-refractivity contribution is -0.231. The molecule has 1 aliphatic heterocycles. The molecule has 0 aromatic heterocycles. The first kappa shape index (κ1) is 45.2. The second kappa shape index (κ2) is 29.9. The summed E-state index contributed by atoms with van der Waals surface area (Å²) in [6.07, 6.45) is 22.9. The Morgan fingerprint density at radius 2 is 1.00 bits per heavy atom. The highest BCUT2D eigenvalue weighted by molar-refractivity contribution is 5.76. The van der Waals surface area contributed by atoms with Crippen LogP contribution in [0, 0.1) is 0 Å². The fourth-order valence-corrected chi connectivity index (χ4v) is 6.95. The minimum Gasteiger partial charge on any atom is -0.394 e. The van der Waals surface area contributed by atoms with Crippen LogP contribution in [0.2, 0.25) is 0 Å². The van der Waals surface area contributed by atoms with Crippen molar-refractivity contribution in [2.24, 2.45) is 0 Å². The Kier molecular flexibility index (Phi) is 28.1. The number of rotatable bonds is 32. The summed E-state index contributed by atoms with van der Waals surface area (Å²) in [5.41, 5.74) is 0. The van der Waals surface area contributed by atoms with Gasteiger partial charge in [0.1, 0.15) is 24.4 Å². The van der Waals surface area contributed by atoms with Gasteiger partial charge in [0.05, 0.1) is 31.0 Å². The summed E-state index contributed by atoms with van der Waals surface area (Å²) in [5, 5.41) is 63.6. The van der Waals surface area contributed by atoms with Gasteiger partial charge in [-0.05, 0) is 25.7 Å². The summed E-state index contributed by atoms with van der Waals surface area (Å²) in [6, 6.07) is -0.760. The van der Waals surface area contributed by atoms with Gasteiger partial charge in [-0.25, -0.2) is 0 Å². The normalized spacial score (nSPS) is 23.2. The van der Waals surface area contributed by atoms with Crippen molar-refractivity contribution in [1.29, 1.82) is 0 Å². The maximum absolute atomic E-state index is 12.7. The molecule has 9 heteroatoms. The van der Waals surface area contributed by atoms with E-state index < -0.39 is 55.4 Å². The van der Waals surface area contributed by atoms with E-state index >= 15 is 0 Å². The molecular formula is C39H77NO8.